The SMILES string of the molecule is C=C(O)CCCC(=O)N(C)c1ccc(Cl)cc1. The number of amides is 1. The summed E-state index contributed by atoms with van der Waals surface area (Å²) < 4.78 is 0. The number of carbonyl (C=O) groups excluding carboxylic acids is 1. The smallest absolute Gasteiger partial charge is 0.226 e. The molecule has 0 aromatic heterocycles. The van der Waals surface area contributed by atoms with Crippen LogP contribution in [0.5, 0.6) is 0 Å². The number of hydrogen-bond acceptors (Lipinski definition) is 2. The third kappa shape index (κ3) is 4.49. The Labute approximate surface area is 106 Å². The van der Waals surface area contributed by atoms with Gasteiger partial charge in [-0.1, -0.05) is 18.2 Å². The molecule has 0 aliphatic rings. The molecule has 0 aliphatic carbocycles. The molecule has 1 aromatic rings. The first-order valence-corrected chi connectivity index (χ1v) is 5.77. The van der Waals surface area contributed by atoms with Crippen LogP contribution in [0.1, 0.15) is 19.3 Å². The van der Waals surface area contributed by atoms with Crippen molar-refractivity contribution in [1.29, 1.82) is 0 Å². The molecule has 4 heteroatoms. The van der Waals surface area contributed by atoms with Gasteiger partial charge in [0.2, 0.25) is 5.91 Å². The van der Waals surface area contributed by atoms with Gasteiger partial charge >= 0.3 is 0 Å². The van der Waals surface area contributed by atoms with Crippen LogP contribution in [-0.4, -0.2) is 18.1 Å². The fourth-order valence-electron chi connectivity index (χ4n) is 1.42. The number of benzene rings is 1. The summed E-state index contributed by atoms with van der Waals surface area (Å²) in [5, 5.41) is 9.56. The van der Waals surface area contributed by atoms with E-state index < -0.39 is 0 Å². The van der Waals surface area contributed by atoms with Crippen molar-refractivity contribution in [2.45, 2.75) is 19.3 Å². The molecule has 0 bridgehead atoms. The lowest BCUT2D eigenvalue weighted by atomic mass is 10.2. The van der Waals surface area contributed by atoms with E-state index in [1.165, 1.54) is 0 Å². The van der Waals surface area contributed by atoms with E-state index in [2.05, 4.69) is 6.58 Å². The van der Waals surface area contributed by atoms with E-state index in [1.807, 2.05) is 0 Å². The highest BCUT2D eigenvalue weighted by molar-refractivity contribution is 6.30. The predicted molar refractivity (Wildman–Crippen MR) is 70.5 cm³/mol. The van der Waals surface area contributed by atoms with Gasteiger partial charge in [-0.05, 0) is 30.7 Å². The van der Waals surface area contributed by atoms with Crippen LogP contribution < -0.4 is 4.90 Å². The molecule has 1 rings (SSSR count). The summed E-state index contributed by atoms with van der Waals surface area (Å²) in [5.41, 5.74) is 0.808. The Bertz CT molecular complexity index is 400. The lowest BCUT2D eigenvalue weighted by Crippen LogP contribution is -2.25. The molecule has 0 spiro atoms. The standard InChI is InChI=1S/C13H16ClNO2/c1-10(16)4-3-5-13(17)15(2)12-8-6-11(14)7-9-12/h6-9,16H,1,3-5H2,2H3. The molecule has 92 valence electrons. The van der Waals surface area contributed by atoms with E-state index in [9.17, 15) is 4.79 Å². The summed E-state index contributed by atoms with van der Waals surface area (Å²) in [6.45, 7) is 3.38. The summed E-state index contributed by atoms with van der Waals surface area (Å²) in [6, 6.07) is 7.09. The molecule has 0 radical (unpaired) electrons. The van der Waals surface area contributed by atoms with Gasteiger partial charge in [0.1, 0.15) is 0 Å². The summed E-state index contributed by atoms with van der Waals surface area (Å²) in [7, 11) is 1.72. The number of rotatable bonds is 5. The van der Waals surface area contributed by atoms with Crippen LogP contribution in [0.4, 0.5) is 5.69 Å². The van der Waals surface area contributed by atoms with Gasteiger partial charge in [-0.3, -0.25) is 4.79 Å². The number of aliphatic hydroxyl groups excluding tert-OH is 1. The van der Waals surface area contributed by atoms with Crippen LogP contribution in [0.3, 0.4) is 0 Å². The normalized spacial score (nSPS) is 10.0. The molecule has 0 fully saturated rings. The molecule has 17 heavy (non-hydrogen) atoms. The molecular formula is C13H16ClNO2. The topological polar surface area (TPSA) is 40.5 Å². The quantitative estimate of drug-likeness (QED) is 0.816. The van der Waals surface area contributed by atoms with E-state index in [4.69, 9.17) is 16.7 Å². The van der Waals surface area contributed by atoms with Gasteiger partial charge in [-0.2, -0.15) is 0 Å². The molecule has 0 heterocycles. The van der Waals surface area contributed by atoms with Crippen LogP contribution in [0, 0.1) is 0 Å². The highest BCUT2D eigenvalue weighted by Crippen LogP contribution is 2.18. The van der Waals surface area contributed by atoms with Crippen molar-refractivity contribution >= 4 is 23.2 Å². The second-order valence-electron chi connectivity index (χ2n) is 3.85. The summed E-state index contributed by atoms with van der Waals surface area (Å²) in [4.78, 5) is 13.4. The van der Waals surface area contributed by atoms with E-state index in [-0.39, 0.29) is 11.7 Å². The Morgan fingerprint density at radius 3 is 2.47 bits per heavy atom. The first-order chi connectivity index (χ1) is 8.00. The van der Waals surface area contributed by atoms with Crippen molar-refractivity contribution in [3.05, 3.63) is 41.6 Å². The molecule has 0 saturated carbocycles. The van der Waals surface area contributed by atoms with Crippen LogP contribution in [0.15, 0.2) is 36.6 Å². The predicted octanol–water partition coefficient (Wildman–Crippen LogP) is 3.54. The third-order valence-electron chi connectivity index (χ3n) is 2.44. The minimum Gasteiger partial charge on any atom is -0.513 e. The van der Waals surface area contributed by atoms with E-state index >= 15 is 0 Å². The zero-order chi connectivity index (χ0) is 12.8. The second-order valence-corrected chi connectivity index (χ2v) is 4.29. The molecular weight excluding hydrogens is 238 g/mol. The number of allylic oxidation sites excluding steroid dienone is 1. The van der Waals surface area contributed by atoms with Gasteiger partial charge in [0.25, 0.3) is 0 Å². The van der Waals surface area contributed by atoms with Crippen molar-refractivity contribution in [1.82, 2.24) is 0 Å². The van der Waals surface area contributed by atoms with Crippen molar-refractivity contribution in [3.63, 3.8) is 0 Å². The number of halogens is 1. The zero-order valence-corrected chi connectivity index (χ0v) is 10.6. The Morgan fingerprint density at radius 2 is 1.94 bits per heavy atom. The Balaban J connectivity index is 2.51. The number of carbonyl (C=O) groups is 1. The minimum atomic E-state index is 0.00794. The highest BCUT2D eigenvalue weighted by atomic mass is 35.5. The average Bonchev–Trinajstić information content (AvgIpc) is 2.28. The van der Waals surface area contributed by atoms with Gasteiger partial charge in [-0.15, -0.1) is 0 Å². The molecule has 0 atom stereocenters. The van der Waals surface area contributed by atoms with E-state index in [0.717, 1.165) is 5.69 Å². The lowest BCUT2D eigenvalue weighted by Gasteiger charge is -2.17. The third-order valence-corrected chi connectivity index (χ3v) is 2.70. The molecule has 1 aromatic carbocycles. The lowest BCUT2D eigenvalue weighted by molar-refractivity contribution is -0.118. The zero-order valence-electron chi connectivity index (χ0n) is 9.82. The van der Waals surface area contributed by atoms with Gasteiger partial charge in [0.05, 0.1) is 5.76 Å². The van der Waals surface area contributed by atoms with Gasteiger partial charge in [0.15, 0.2) is 0 Å². The number of hydrogen-bond donors (Lipinski definition) is 1. The number of nitrogens with zero attached hydrogens (tertiary/aromatic N) is 1. The summed E-state index contributed by atoms with van der Waals surface area (Å²) in [5.74, 6) is 0.125. The molecule has 0 unspecified atom stereocenters. The maximum absolute atomic E-state index is 11.8. The van der Waals surface area contributed by atoms with Crippen molar-refractivity contribution in [2.24, 2.45) is 0 Å². The van der Waals surface area contributed by atoms with E-state index in [1.54, 1.807) is 36.2 Å². The summed E-state index contributed by atoms with van der Waals surface area (Å²) >= 11 is 5.77. The molecule has 0 saturated heterocycles. The Hall–Kier alpha value is -1.48. The van der Waals surface area contributed by atoms with Crippen LogP contribution >= 0.6 is 11.6 Å². The molecule has 1 amide bonds. The van der Waals surface area contributed by atoms with Crippen molar-refractivity contribution < 1.29 is 9.90 Å². The monoisotopic (exact) mass is 253 g/mol. The maximum atomic E-state index is 11.8. The van der Waals surface area contributed by atoms with Gasteiger partial charge < -0.3 is 10.0 Å². The first-order valence-electron chi connectivity index (χ1n) is 5.39. The minimum absolute atomic E-state index is 0.00794. The molecule has 3 nitrogen and oxygen atoms in total. The van der Waals surface area contributed by atoms with Crippen LogP contribution in [-0.2, 0) is 4.79 Å². The summed E-state index contributed by atoms with van der Waals surface area (Å²) in [6.07, 6.45) is 1.45. The fourth-order valence-corrected chi connectivity index (χ4v) is 1.55. The van der Waals surface area contributed by atoms with Crippen LogP contribution in [0.25, 0.3) is 0 Å². The molecule has 0 aliphatic heterocycles. The second kappa shape index (κ2) is 6.30. The highest BCUT2D eigenvalue weighted by Gasteiger charge is 2.10. The molecule has 1 N–H and O–H groups in total. The van der Waals surface area contributed by atoms with Crippen molar-refractivity contribution in [2.75, 3.05) is 11.9 Å². The first kappa shape index (κ1) is 13.6. The Kier molecular flexibility index (Phi) is 5.04. The van der Waals surface area contributed by atoms with Gasteiger partial charge in [-0.25, -0.2) is 0 Å². The average molecular weight is 254 g/mol. The number of aliphatic hydroxyl groups is 1. The van der Waals surface area contributed by atoms with Crippen LogP contribution in [0.2, 0.25) is 5.02 Å². The number of anilines is 1. The largest absolute Gasteiger partial charge is 0.513 e. The van der Waals surface area contributed by atoms with E-state index in [0.29, 0.717) is 24.3 Å². The van der Waals surface area contributed by atoms with Crippen molar-refractivity contribution in [3.8, 4) is 0 Å². The fraction of sp³-hybridized carbons (Fsp3) is 0.308. The Morgan fingerprint density at radius 1 is 1.35 bits per heavy atom. The van der Waals surface area contributed by atoms with Gasteiger partial charge in [0, 0.05) is 30.6 Å². The maximum Gasteiger partial charge on any atom is 0.226 e.